The molecule has 6 nitrogen and oxygen atoms in total. The minimum Gasteiger partial charge on any atom is -0.481 e. The van der Waals surface area contributed by atoms with Gasteiger partial charge in [-0.25, -0.2) is 12.8 Å². The first-order chi connectivity index (χ1) is 15.1. The van der Waals surface area contributed by atoms with Crippen LogP contribution in [0.15, 0.2) is 59.5 Å². The number of carboxylic acid groups (broad SMARTS) is 1. The fourth-order valence-corrected chi connectivity index (χ4v) is 4.71. The molecule has 0 radical (unpaired) electrons. The van der Waals surface area contributed by atoms with Crippen molar-refractivity contribution in [3.63, 3.8) is 0 Å². The average Bonchev–Trinajstić information content (AvgIpc) is 2.74. The third-order valence-corrected chi connectivity index (χ3v) is 6.52. The van der Waals surface area contributed by atoms with Crippen molar-refractivity contribution in [3.8, 4) is 12.3 Å². The highest BCUT2D eigenvalue weighted by Gasteiger charge is 2.21. The van der Waals surface area contributed by atoms with Crippen LogP contribution < -0.4 is 9.62 Å². The molecule has 0 aliphatic carbocycles. The molecular weight excluding hydrogens is 431 g/mol. The van der Waals surface area contributed by atoms with E-state index in [0.717, 1.165) is 11.5 Å². The Kier molecular flexibility index (Phi) is 6.70. The van der Waals surface area contributed by atoms with Gasteiger partial charge >= 0.3 is 5.97 Å². The van der Waals surface area contributed by atoms with E-state index >= 15 is 0 Å². The molecule has 3 aromatic rings. The summed E-state index contributed by atoms with van der Waals surface area (Å²) in [6.45, 7) is 3.46. The van der Waals surface area contributed by atoms with Gasteiger partial charge in [-0.15, -0.1) is 6.42 Å². The maximum absolute atomic E-state index is 13.6. The number of rotatable bonds is 8. The molecule has 0 aromatic heterocycles. The minimum atomic E-state index is -3.96. The van der Waals surface area contributed by atoms with Crippen LogP contribution in [0.3, 0.4) is 0 Å². The van der Waals surface area contributed by atoms with Crippen LogP contribution >= 0.6 is 0 Å². The molecule has 0 spiro atoms. The summed E-state index contributed by atoms with van der Waals surface area (Å²) in [6.07, 6.45) is 5.42. The lowest BCUT2D eigenvalue weighted by Gasteiger charge is -2.30. The molecule has 3 rings (SSSR count). The number of terminal acetylenes is 1. The monoisotopic (exact) mass is 454 g/mol. The Morgan fingerprint density at radius 3 is 2.50 bits per heavy atom. The van der Waals surface area contributed by atoms with E-state index in [1.165, 1.54) is 19.1 Å². The molecule has 0 fully saturated rings. The number of aliphatic carboxylic acids is 1. The highest BCUT2D eigenvalue weighted by molar-refractivity contribution is 7.92. The van der Waals surface area contributed by atoms with Crippen molar-refractivity contribution in [2.75, 3.05) is 16.2 Å². The average molecular weight is 455 g/mol. The Labute approximate surface area is 186 Å². The van der Waals surface area contributed by atoms with E-state index in [1.54, 1.807) is 36.1 Å². The van der Waals surface area contributed by atoms with E-state index in [4.69, 9.17) is 6.42 Å². The zero-order chi connectivity index (χ0) is 23.5. The number of nitrogens with zero attached hydrogens (tertiary/aromatic N) is 1. The van der Waals surface area contributed by atoms with E-state index in [-0.39, 0.29) is 29.5 Å². The summed E-state index contributed by atoms with van der Waals surface area (Å²) in [4.78, 5) is 13.0. The van der Waals surface area contributed by atoms with Gasteiger partial charge in [-0.2, -0.15) is 0 Å². The number of sulfonamides is 1. The van der Waals surface area contributed by atoms with Crippen LogP contribution in [0.1, 0.15) is 18.9 Å². The zero-order valence-corrected chi connectivity index (χ0v) is 18.5. The standard InChI is InChI=1S/C24H23FN2O4S/c1-4-13-27(17(3)15-24(28)29)23-12-11-22(19-7-5-6-8-20(19)23)26-32(30,31)18-9-10-21(25)16(2)14-18/h1,5-12,14,17,26H,13,15H2,2-3H3,(H,28,29)/t17-/m0/s1. The van der Waals surface area contributed by atoms with Crippen LogP contribution in [0.4, 0.5) is 15.8 Å². The zero-order valence-electron chi connectivity index (χ0n) is 17.7. The topological polar surface area (TPSA) is 86.7 Å². The van der Waals surface area contributed by atoms with Gasteiger partial charge in [0, 0.05) is 22.5 Å². The van der Waals surface area contributed by atoms with Gasteiger partial charge in [-0.1, -0.05) is 30.2 Å². The van der Waals surface area contributed by atoms with Gasteiger partial charge in [0.1, 0.15) is 5.82 Å². The largest absolute Gasteiger partial charge is 0.481 e. The normalized spacial score (nSPS) is 12.2. The molecule has 2 N–H and O–H groups in total. The molecule has 0 amide bonds. The van der Waals surface area contributed by atoms with E-state index in [2.05, 4.69) is 10.6 Å². The summed E-state index contributed by atoms with van der Waals surface area (Å²) >= 11 is 0. The molecule has 0 saturated heterocycles. The molecule has 8 heteroatoms. The predicted octanol–water partition coefficient (Wildman–Crippen LogP) is 4.39. The number of fused-ring (bicyclic) bond motifs is 1. The number of hydrogen-bond donors (Lipinski definition) is 2. The van der Waals surface area contributed by atoms with Gasteiger partial charge < -0.3 is 10.0 Å². The first-order valence-corrected chi connectivity index (χ1v) is 11.3. The minimum absolute atomic E-state index is 0.0476. The number of benzene rings is 3. The van der Waals surface area contributed by atoms with Gasteiger partial charge in [0.15, 0.2) is 0 Å². The van der Waals surface area contributed by atoms with Crippen molar-refractivity contribution >= 4 is 38.1 Å². The Bertz CT molecular complexity index is 1320. The number of carbonyl (C=O) groups is 1. The summed E-state index contributed by atoms with van der Waals surface area (Å²) in [5, 5.41) is 10.5. The fraction of sp³-hybridized carbons (Fsp3) is 0.208. The van der Waals surface area contributed by atoms with Crippen molar-refractivity contribution in [1.29, 1.82) is 0 Å². The SMILES string of the molecule is C#CCN(c1ccc(NS(=O)(=O)c2ccc(F)c(C)c2)c2ccccc12)[C@@H](C)CC(=O)O. The van der Waals surface area contributed by atoms with Crippen LogP contribution in [0.5, 0.6) is 0 Å². The molecule has 32 heavy (non-hydrogen) atoms. The number of nitrogens with one attached hydrogen (secondary N) is 1. The number of aryl methyl sites for hydroxylation is 1. The fourth-order valence-electron chi connectivity index (χ4n) is 3.55. The summed E-state index contributed by atoms with van der Waals surface area (Å²) in [6, 6.07) is 13.7. The molecule has 0 saturated carbocycles. The van der Waals surface area contributed by atoms with E-state index < -0.39 is 21.8 Å². The molecule has 0 aliphatic heterocycles. The molecular formula is C24H23FN2O4S. The number of hydrogen-bond acceptors (Lipinski definition) is 4. The van der Waals surface area contributed by atoms with Crippen LogP contribution in [0.2, 0.25) is 0 Å². The Balaban J connectivity index is 2.07. The van der Waals surface area contributed by atoms with Crippen LogP contribution in [0, 0.1) is 25.1 Å². The Hall–Kier alpha value is -3.57. The lowest BCUT2D eigenvalue weighted by molar-refractivity contribution is -0.137. The van der Waals surface area contributed by atoms with Gasteiger partial charge in [0.05, 0.1) is 23.5 Å². The van der Waals surface area contributed by atoms with Gasteiger partial charge in [0.25, 0.3) is 10.0 Å². The first-order valence-electron chi connectivity index (χ1n) is 9.86. The van der Waals surface area contributed by atoms with E-state index in [9.17, 15) is 22.7 Å². The lowest BCUT2D eigenvalue weighted by atomic mass is 10.0. The number of halogens is 1. The molecule has 3 aromatic carbocycles. The van der Waals surface area contributed by atoms with Crippen LogP contribution in [-0.4, -0.2) is 32.1 Å². The quantitative estimate of drug-likeness (QED) is 0.493. The maximum Gasteiger partial charge on any atom is 0.305 e. The van der Waals surface area contributed by atoms with Gasteiger partial charge in [-0.3, -0.25) is 9.52 Å². The Morgan fingerprint density at radius 1 is 1.19 bits per heavy atom. The first kappa shape index (κ1) is 23.1. The third-order valence-electron chi connectivity index (χ3n) is 5.16. The summed E-state index contributed by atoms with van der Waals surface area (Å²) in [7, 11) is -3.96. The van der Waals surface area contributed by atoms with E-state index in [1.807, 2.05) is 12.1 Å². The maximum atomic E-state index is 13.6. The molecule has 0 aliphatic rings. The van der Waals surface area contributed by atoms with Crippen LogP contribution in [0.25, 0.3) is 10.8 Å². The van der Waals surface area contributed by atoms with Crippen molar-refractivity contribution in [2.24, 2.45) is 0 Å². The van der Waals surface area contributed by atoms with Crippen molar-refractivity contribution in [3.05, 3.63) is 66.0 Å². The second kappa shape index (κ2) is 9.28. The molecule has 0 unspecified atom stereocenters. The molecule has 1 atom stereocenters. The second-order valence-corrected chi connectivity index (χ2v) is 9.16. The van der Waals surface area contributed by atoms with Crippen molar-refractivity contribution < 1.29 is 22.7 Å². The molecule has 166 valence electrons. The highest BCUT2D eigenvalue weighted by Crippen LogP contribution is 2.34. The third kappa shape index (κ3) is 4.84. The summed E-state index contributed by atoms with van der Waals surface area (Å²) in [5.74, 6) is 1.13. The number of anilines is 2. The lowest BCUT2D eigenvalue weighted by Crippen LogP contribution is -2.35. The summed E-state index contributed by atoms with van der Waals surface area (Å²) < 4.78 is 42.0. The molecule has 0 heterocycles. The van der Waals surface area contributed by atoms with Crippen LogP contribution in [-0.2, 0) is 14.8 Å². The smallest absolute Gasteiger partial charge is 0.305 e. The summed E-state index contributed by atoms with van der Waals surface area (Å²) in [5.41, 5.74) is 1.27. The Morgan fingerprint density at radius 2 is 1.88 bits per heavy atom. The number of carboxylic acids is 1. The van der Waals surface area contributed by atoms with E-state index in [0.29, 0.717) is 16.8 Å². The molecule has 0 bridgehead atoms. The van der Waals surface area contributed by atoms with Gasteiger partial charge in [-0.05, 0) is 49.7 Å². The second-order valence-electron chi connectivity index (χ2n) is 7.47. The highest BCUT2D eigenvalue weighted by atomic mass is 32.2. The van der Waals surface area contributed by atoms with Crippen molar-refractivity contribution in [2.45, 2.75) is 31.2 Å². The van der Waals surface area contributed by atoms with Gasteiger partial charge in [0.2, 0.25) is 0 Å². The van der Waals surface area contributed by atoms with Crippen molar-refractivity contribution in [1.82, 2.24) is 0 Å². The predicted molar refractivity (Wildman–Crippen MR) is 124 cm³/mol.